The maximum atomic E-state index is 13.8. The van der Waals surface area contributed by atoms with Crippen molar-refractivity contribution in [3.8, 4) is 57.3 Å². The fourth-order valence-corrected chi connectivity index (χ4v) is 6.16. The highest BCUT2D eigenvalue weighted by Gasteiger charge is 2.49. The number of aliphatic hydroxyl groups is 5. The number of carbonyl (C=O) groups is 1. The number of hydrogen-bond donors (Lipinski definition) is 10. The molecule has 0 saturated carbocycles. The third-order valence-corrected chi connectivity index (χ3v) is 9.22. The Balaban J connectivity index is 1.23. The fraction of sp³-hybridized carbons (Fsp3) is 0.389. The van der Waals surface area contributed by atoms with E-state index >= 15 is 0 Å². The van der Waals surface area contributed by atoms with Gasteiger partial charge in [-0.05, 0) is 37.3 Å². The van der Waals surface area contributed by atoms with Crippen LogP contribution in [0.25, 0.3) is 22.3 Å². The quantitative estimate of drug-likeness (QED) is 0.0741. The average molecular weight is 791 g/mol. The molecule has 6 rings (SSSR count). The summed E-state index contributed by atoms with van der Waals surface area (Å²) in [4.78, 5) is 26.9. The highest BCUT2D eigenvalue weighted by molar-refractivity contribution is 5.91. The van der Waals surface area contributed by atoms with E-state index in [1.54, 1.807) is 0 Å². The van der Waals surface area contributed by atoms with Crippen molar-refractivity contribution in [1.29, 1.82) is 0 Å². The normalized spacial score (nSPS) is 27.8. The Bertz CT molecular complexity index is 2130. The fourth-order valence-electron chi connectivity index (χ4n) is 6.16. The molecule has 3 heterocycles. The average Bonchev–Trinajstić information content (AvgIpc) is 3.16. The van der Waals surface area contributed by atoms with Crippen LogP contribution in [0.5, 0.6) is 46.0 Å². The number of aromatic hydroxyl groups is 5. The van der Waals surface area contributed by atoms with E-state index in [-0.39, 0.29) is 28.2 Å². The molecule has 0 bridgehead atoms. The van der Waals surface area contributed by atoms with Crippen molar-refractivity contribution in [3.63, 3.8) is 0 Å². The molecule has 0 radical (unpaired) electrons. The molecular formula is C36H38O20. The number of phenols is 5. The summed E-state index contributed by atoms with van der Waals surface area (Å²) in [6, 6.07) is 7.43. The number of rotatable bonds is 10. The van der Waals surface area contributed by atoms with Gasteiger partial charge in [-0.1, -0.05) is 0 Å². The van der Waals surface area contributed by atoms with Crippen LogP contribution in [0.3, 0.4) is 0 Å². The van der Waals surface area contributed by atoms with Crippen molar-refractivity contribution in [1.82, 2.24) is 0 Å². The summed E-state index contributed by atoms with van der Waals surface area (Å²) >= 11 is 0. The van der Waals surface area contributed by atoms with Gasteiger partial charge in [-0.25, -0.2) is 4.79 Å². The van der Waals surface area contributed by atoms with E-state index in [4.69, 9.17) is 37.6 Å². The molecule has 3 aromatic carbocycles. The lowest BCUT2D eigenvalue weighted by Crippen LogP contribution is -2.62. The first-order valence-corrected chi connectivity index (χ1v) is 16.7. The van der Waals surface area contributed by atoms with Crippen molar-refractivity contribution in [3.05, 3.63) is 58.3 Å². The maximum absolute atomic E-state index is 13.8. The first kappa shape index (κ1) is 40.1. The van der Waals surface area contributed by atoms with Crippen molar-refractivity contribution in [2.24, 2.45) is 0 Å². The summed E-state index contributed by atoms with van der Waals surface area (Å²) in [6.45, 7) is 0.670. The van der Waals surface area contributed by atoms with Crippen LogP contribution in [-0.2, 0) is 18.9 Å². The summed E-state index contributed by atoms with van der Waals surface area (Å²) in [6.07, 6.45) is -17.4. The number of hydrogen-bond acceptors (Lipinski definition) is 20. The van der Waals surface area contributed by atoms with E-state index in [2.05, 4.69) is 0 Å². The van der Waals surface area contributed by atoms with Gasteiger partial charge < -0.3 is 88.6 Å². The van der Waals surface area contributed by atoms with Crippen LogP contribution in [0.1, 0.15) is 17.3 Å². The van der Waals surface area contributed by atoms with Gasteiger partial charge in [0.15, 0.2) is 41.2 Å². The summed E-state index contributed by atoms with van der Waals surface area (Å²) in [5, 5.41) is 105. The summed E-state index contributed by atoms with van der Waals surface area (Å²) in [5.74, 6) is -5.25. The second kappa shape index (κ2) is 15.9. The zero-order valence-corrected chi connectivity index (χ0v) is 29.6. The Labute approximate surface area is 315 Å². The molecule has 1 aromatic heterocycles. The lowest BCUT2D eigenvalue weighted by Gasteiger charge is -2.43. The Morgan fingerprint density at radius 1 is 0.750 bits per heavy atom. The molecule has 56 heavy (non-hydrogen) atoms. The van der Waals surface area contributed by atoms with Crippen molar-refractivity contribution in [2.45, 2.75) is 68.3 Å². The third kappa shape index (κ3) is 7.51. The third-order valence-electron chi connectivity index (χ3n) is 9.22. The van der Waals surface area contributed by atoms with Gasteiger partial charge in [-0.3, -0.25) is 4.79 Å². The molecule has 20 nitrogen and oxygen atoms in total. The molecule has 10 N–H and O–H groups in total. The molecule has 20 heteroatoms. The van der Waals surface area contributed by atoms with Crippen molar-refractivity contribution in [2.75, 3.05) is 20.8 Å². The van der Waals surface area contributed by atoms with Gasteiger partial charge in [0.1, 0.15) is 59.1 Å². The van der Waals surface area contributed by atoms with E-state index in [1.165, 1.54) is 27.2 Å². The molecule has 10 atom stereocenters. The maximum Gasteiger partial charge on any atom is 0.338 e. The number of carbonyl (C=O) groups excluding carboxylic acids is 1. The SMILES string of the molecule is COc1cc(C(=O)OC2C(O)C(C)OC(OCC3OC(Oc4c(-c5ccc(O)c(O)c5)oc5cc(O)cc(O)c5c4=O)C(O)C(O)C3O)C2O)cc(OC)c1O. The highest BCUT2D eigenvalue weighted by atomic mass is 16.7. The van der Waals surface area contributed by atoms with Crippen molar-refractivity contribution >= 4 is 16.9 Å². The molecular weight excluding hydrogens is 752 g/mol. The lowest BCUT2D eigenvalue weighted by atomic mass is 9.98. The minimum absolute atomic E-state index is 0.0680. The second-order valence-corrected chi connectivity index (χ2v) is 12.9. The molecule has 2 fully saturated rings. The minimum Gasteiger partial charge on any atom is -0.508 e. The molecule has 4 aromatic rings. The first-order valence-electron chi connectivity index (χ1n) is 16.7. The molecule has 302 valence electrons. The van der Waals surface area contributed by atoms with Gasteiger partial charge in [0, 0.05) is 17.7 Å². The summed E-state index contributed by atoms with van der Waals surface area (Å²) < 4.78 is 44.0. The van der Waals surface area contributed by atoms with Crippen LogP contribution in [-0.4, -0.2) is 139 Å². The second-order valence-electron chi connectivity index (χ2n) is 12.9. The van der Waals surface area contributed by atoms with E-state index in [9.17, 15) is 60.7 Å². The number of methoxy groups -OCH3 is 2. The highest BCUT2D eigenvalue weighted by Crippen LogP contribution is 2.40. The van der Waals surface area contributed by atoms with Crippen LogP contribution < -0.4 is 19.6 Å². The van der Waals surface area contributed by atoms with Gasteiger partial charge in [0.25, 0.3) is 0 Å². The smallest absolute Gasteiger partial charge is 0.338 e. The van der Waals surface area contributed by atoms with E-state index in [1.807, 2.05) is 0 Å². The number of phenolic OH excluding ortho intramolecular Hbond substituents is 5. The predicted molar refractivity (Wildman–Crippen MR) is 185 cm³/mol. The summed E-state index contributed by atoms with van der Waals surface area (Å²) in [7, 11) is 2.47. The van der Waals surface area contributed by atoms with Gasteiger partial charge in [0.2, 0.25) is 23.2 Å². The zero-order chi connectivity index (χ0) is 40.7. The van der Waals surface area contributed by atoms with Crippen LogP contribution in [0.4, 0.5) is 0 Å². The Morgan fingerprint density at radius 3 is 2.07 bits per heavy atom. The molecule has 0 amide bonds. The Hall–Kier alpha value is -5.58. The zero-order valence-electron chi connectivity index (χ0n) is 29.6. The van der Waals surface area contributed by atoms with E-state index in [0.717, 1.165) is 36.4 Å². The van der Waals surface area contributed by atoms with Crippen molar-refractivity contribution < 1.29 is 93.4 Å². The Morgan fingerprint density at radius 2 is 1.43 bits per heavy atom. The van der Waals surface area contributed by atoms with Crippen LogP contribution >= 0.6 is 0 Å². The number of benzene rings is 3. The van der Waals surface area contributed by atoms with E-state index < -0.39 is 125 Å². The van der Waals surface area contributed by atoms with Crippen LogP contribution in [0.2, 0.25) is 0 Å². The lowest BCUT2D eigenvalue weighted by molar-refractivity contribution is -0.318. The molecule has 2 aliphatic heterocycles. The monoisotopic (exact) mass is 790 g/mol. The topological polar surface area (TPSA) is 314 Å². The predicted octanol–water partition coefficient (Wildman–Crippen LogP) is -0.0996. The standard InChI is InChI=1S/C36H38O20/c1-12-24(41)32(55-34(48)14-7-20(49-2)25(42)21(8-14)50-3)30(47)35(52-12)51-11-22-26(43)28(45)29(46)36(54-22)56-33-27(44)23-18(40)9-15(37)10-19(23)53-31(33)13-4-5-16(38)17(39)6-13/h4-10,12,22,24,26,28-30,32,35-43,45-47H,11H2,1-3H3. The first-order chi connectivity index (χ1) is 26.5. The number of aliphatic hydroxyl groups excluding tert-OH is 5. The van der Waals surface area contributed by atoms with Gasteiger partial charge in [-0.2, -0.15) is 0 Å². The largest absolute Gasteiger partial charge is 0.508 e. The minimum atomic E-state index is -2.04. The molecule has 0 aliphatic carbocycles. The van der Waals surface area contributed by atoms with Gasteiger partial charge in [-0.15, -0.1) is 0 Å². The number of ether oxygens (including phenoxy) is 7. The molecule has 2 saturated heterocycles. The van der Waals surface area contributed by atoms with Crippen LogP contribution in [0.15, 0.2) is 51.7 Å². The number of fused-ring (bicyclic) bond motifs is 1. The Kier molecular flexibility index (Phi) is 11.4. The van der Waals surface area contributed by atoms with Gasteiger partial charge in [0.05, 0.1) is 32.5 Å². The molecule has 0 spiro atoms. The molecule has 10 unspecified atom stereocenters. The summed E-state index contributed by atoms with van der Waals surface area (Å²) in [5.41, 5.74) is -1.64. The number of esters is 1. The van der Waals surface area contributed by atoms with Crippen LogP contribution in [0, 0.1) is 0 Å². The van der Waals surface area contributed by atoms with E-state index in [0.29, 0.717) is 0 Å². The molecule has 2 aliphatic rings. The van der Waals surface area contributed by atoms with Gasteiger partial charge >= 0.3 is 5.97 Å².